The molecule has 0 aromatic heterocycles. The summed E-state index contributed by atoms with van der Waals surface area (Å²) >= 11 is 3.44. The number of anilines is 2. The fraction of sp³-hybridized carbons (Fsp3) is 0.222. The average Bonchev–Trinajstić information content (AvgIpc) is 2.53. The van der Waals surface area contributed by atoms with Gasteiger partial charge in [-0.2, -0.15) is 0 Å². The van der Waals surface area contributed by atoms with Crippen LogP contribution in [0.5, 0.6) is 5.75 Å². The highest BCUT2D eigenvalue weighted by molar-refractivity contribution is 9.10. The first-order chi connectivity index (χ1) is 11.5. The predicted molar refractivity (Wildman–Crippen MR) is 96.5 cm³/mol. The molecule has 2 amide bonds. The summed E-state index contributed by atoms with van der Waals surface area (Å²) in [5.74, 6) is 0.141. The van der Waals surface area contributed by atoms with Crippen LogP contribution in [0.1, 0.15) is 11.1 Å². The first-order valence-corrected chi connectivity index (χ1v) is 8.34. The molecule has 3 rings (SSSR count). The number of nitrogens with zero attached hydrogens (tertiary/aromatic N) is 1. The molecule has 0 saturated carbocycles. The van der Waals surface area contributed by atoms with E-state index in [1.807, 2.05) is 38.1 Å². The lowest BCUT2D eigenvalue weighted by atomic mass is 10.1. The quantitative estimate of drug-likeness (QED) is 0.875. The predicted octanol–water partition coefficient (Wildman–Crippen LogP) is 3.43. The van der Waals surface area contributed by atoms with Crippen molar-refractivity contribution in [1.82, 2.24) is 0 Å². The molecule has 2 aromatic rings. The van der Waals surface area contributed by atoms with Gasteiger partial charge in [0.2, 0.25) is 5.91 Å². The summed E-state index contributed by atoms with van der Waals surface area (Å²) in [6.07, 6.45) is 0. The van der Waals surface area contributed by atoms with Crippen molar-refractivity contribution in [3.05, 3.63) is 52.0 Å². The maximum absolute atomic E-state index is 12.5. The van der Waals surface area contributed by atoms with Crippen LogP contribution in [0, 0.1) is 13.8 Å². The summed E-state index contributed by atoms with van der Waals surface area (Å²) in [6.45, 7) is 3.76. The van der Waals surface area contributed by atoms with E-state index in [9.17, 15) is 9.59 Å². The lowest BCUT2D eigenvalue weighted by Crippen LogP contribution is -2.43. The molecule has 0 bridgehead atoms. The van der Waals surface area contributed by atoms with Gasteiger partial charge in [-0.3, -0.25) is 14.5 Å². The third-order valence-corrected chi connectivity index (χ3v) is 4.33. The molecule has 1 heterocycles. The summed E-state index contributed by atoms with van der Waals surface area (Å²) in [5.41, 5.74) is 3.32. The number of carbonyl (C=O) groups is 2. The Morgan fingerprint density at radius 1 is 1.25 bits per heavy atom. The van der Waals surface area contributed by atoms with Crippen molar-refractivity contribution in [2.75, 3.05) is 23.4 Å². The van der Waals surface area contributed by atoms with E-state index in [0.717, 1.165) is 21.3 Å². The Morgan fingerprint density at radius 2 is 1.92 bits per heavy atom. The van der Waals surface area contributed by atoms with Gasteiger partial charge in [0, 0.05) is 10.2 Å². The highest BCUT2D eigenvalue weighted by Gasteiger charge is 2.27. The monoisotopic (exact) mass is 388 g/mol. The van der Waals surface area contributed by atoms with Crippen molar-refractivity contribution in [3.8, 4) is 5.75 Å². The Kier molecular flexibility index (Phi) is 4.57. The highest BCUT2D eigenvalue weighted by Crippen LogP contribution is 2.31. The number of aryl methyl sites for hydroxylation is 2. The zero-order chi connectivity index (χ0) is 17.3. The van der Waals surface area contributed by atoms with E-state index < -0.39 is 0 Å². The normalized spacial score (nSPS) is 13.3. The summed E-state index contributed by atoms with van der Waals surface area (Å²) in [6, 6.07) is 11.1. The van der Waals surface area contributed by atoms with Gasteiger partial charge in [-0.05, 0) is 49.2 Å². The number of amides is 2. The number of benzene rings is 2. The Morgan fingerprint density at radius 3 is 2.62 bits per heavy atom. The Bertz CT molecular complexity index is 797. The second-order valence-electron chi connectivity index (χ2n) is 5.70. The van der Waals surface area contributed by atoms with Crippen LogP contribution in [-0.2, 0) is 9.59 Å². The largest absolute Gasteiger partial charge is 0.482 e. The van der Waals surface area contributed by atoms with Gasteiger partial charge >= 0.3 is 0 Å². The molecule has 0 saturated heterocycles. The molecule has 1 aliphatic heterocycles. The van der Waals surface area contributed by atoms with Crippen LogP contribution in [0.2, 0.25) is 0 Å². The average molecular weight is 389 g/mol. The van der Waals surface area contributed by atoms with E-state index in [0.29, 0.717) is 11.4 Å². The van der Waals surface area contributed by atoms with Gasteiger partial charge in [-0.15, -0.1) is 0 Å². The van der Waals surface area contributed by atoms with E-state index in [1.165, 1.54) is 4.90 Å². The van der Waals surface area contributed by atoms with Gasteiger partial charge < -0.3 is 10.1 Å². The smallest absolute Gasteiger partial charge is 0.265 e. The van der Waals surface area contributed by atoms with Crippen LogP contribution in [0.4, 0.5) is 11.4 Å². The summed E-state index contributed by atoms with van der Waals surface area (Å²) < 4.78 is 6.35. The molecular weight excluding hydrogens is 372 g/mol. The van der Waals surface area contributed by atoms with E-state index >= 15 is 0 Å². The van der Waals surface area contributed by atoms with Gasteiger partial charge in [0.1, 0.15) is 12.3 Å². The summed E-state index contributed by atoms with van der Waals surface area (Å²) in [7, 11) is 0. The zero-order valence-corrected chi connectivity index (χ0v) is 15.0. The van der Waals surface area contributed by atoms with Crippen LogP contribution in [-0.4, -0.2) is 25.0 Å². The number of hydrogen-bond acceptors (Lipinski definition) is 3. The fourth-order valence-corrected chi connectivity index (χ4v) is 3.44. The number of carbonyl (C=O) groups excluding carboxylic acids is 2. The first-order valence-electron chi connectivity index (χ1n) is 7.54. The Balaban J connectivity index is 1.80. The van der Waals surface area contributed by atoms with Crippen LogP contribution >= 0.6 is 15.9 Å². The molecule has 0 fully saturated rings. The minimum Gasteiger partial charge on any atom is -0.482 e. The topological polar surface area (TPSA) is 58.6 Å². The second-order valence-corrected chi connectivity index (χ2v) is 6.61. The molecule has 5 nitrogen and oxygen atoms in total. The minimum absolute atomic E-state index is 0.0475. The summed E-state index contributed by atoms with van der Waals surface area (Å²) in [4.78, 5) is 26.1. The highest BCUT2D eigenvalue weighted by atomic mass is 79.9. The van der Waals surface area contributed by atoms with Crippen LogP contribution in [0.3, 0.4) is 0 Å². The number of halogens is 1. The van der Waals surface area contributed by atoms with Gasteiger partial charge in [-0.25, -0.2) is 0 Å². The SMILES string of the molecule is Cc1cc(Br)cc(C)c1NC(=O)CN1C(=O)COc2ccccc21. The number of fused-ring (bicyclic) bond motifs is 1. The molecule has 0 spiro atoms. The molecule has 0 unspecified atom stereocenters. The third-order valence-electron chi connectivity index (χ3n) is 3.87. The Labute approximate surface area is 148 Å². The van der Waals surface area contributed by atoms with Gasteiger partial charge in [0.05, 0.1) is 5.69 Å². The number of para-hydroxylation sites is 2. The van der Waals surface area contributed by atoms with Crippen molar-refractivity contribution in [2.45, 2.75) is 13.8 Å². The van der Waals surface area contributed by atoms with Crippen LogP contribution in [0.15, 0.2) is 40.9 Å². The maximum atomic E-state index is 12.5. The molecule has 24 heavy (non-hydrogen) atoms. The molecule has 0 radical (unpaired) electrons. The van der Waals surface area contributed by atoms with E-state index in [4.69, 9.17) is 4.74 Å². The van der Waals surface area contributed by atoms with E-state index in [-0.39, 0.29) is 25.0 Å². The number of rotatable bonds is 3. The molecule has 0 aliphatic carbocycles. The minimum atomic E-state index is -0.242. The van der Waals surface area contributed by atoms with E-state index in [2.05, 4.69) is 21.2 Å². The van der Waals surface area contributed by atoms with Gasteiger partial charge in [0.25, 0.3) is 5.91 Å². The standard InChI is InChI=1S/C18H17BrN2O3/c1-11-7-13(19)8-12(2)18(11)20-16(22)9-21-14-5-3-4-6-15(14)24-10-17(21)23/h3-8H,9-10H2,1-2H3,(H,20,22). The molecule has 6 heteroatoms. The lowest BCUT2D eigenvalue weighted by Gasteiger charge is -2.28. The summed E-state index contributed by atoms with van der Waals surface area (Å²) in [5, 5.41) is 2.91. The lowest BCUT2D eigenvalue weighted by molar-refractivity contribution is -0.123. The molecular formula is C18H17BrN2O3. The van der Waals surface area contributed by atoms with Crippen LogP contribution < -0.4 is 15.0 Å². The van der Waals surface area contributed by atoms with Crippen molar-refractivity contribution >= 4 is 39.1 Å². The van der Waals surface area contributed by atoms with Gasteiger partial charge in [0.15, 0.2) is 6.61 Å². The zero-order valence-electron chi connectivity index (χ0n) is 13.4. The molecule has 0 atom stereocenters. The molecule has 124 valence electrons. The van der Waals surface area contributed by atoms with Crippen LogP contribution in [0.25, 0.3) is 0 Å². The fourth-order valence-electron chi connectivity index (χ4n) is 2.76. The van der Waals surface area contributed by atoms with Crippen molar-refractivity contribution < 1.29 is 14.3 Å². The molecule has 1 aliphatic rings. The van der Waals surface area contributed by atoms with Crippen molar-refractivity contribution in [3.63, 3.8) is 0 Å². The van der Waals surface area contributed by atoms with Gasteiger partial charge in [-0.1, -0.05) is 28.1 Å². The van der Waals surface area contributed by atoms with E-state index in [1.54, 1.807) is 12.1 Å². The molecule has 1 N–H and O–H groups in total. The third kappa shape index (κ3) is 3.28. The number of hydrogen-bond donors (Lipinski definition) is 1. The first kappa shape index (κ1) is 16.5. The number of nitrogens with one attached hydrogen (secondary N) is 1. The molecule has 2 aromatic carbocycles. The second kappa shape index (κ2) is 6.65. The maximum Gasteiger partial charge on any atom is 0.265 e. The van der Waals surface area contributed by atoms with Crippen molar-refractivity contribution in [2.24, 2.45) is 0 Å². The number of ether oxygens (including phenoxy) is 1. The van der Waals surface area contributed by atoms with Crippen molar-refractivity contribution in [1.29, 1.82) is 0 Å². The Hall–Kier alpha value is -2.34.